The van der Waals surface area contributed by atoms with Crippen molar-refractivity contribution in [2.75, 3.05) is 52.7 Å². The second-order valence-electron chi connectivity index (χ2n) is 7.54. The number of nitrogen functional groups attached to an aromatic ring is 1. The number of nitrogens with two attached hydrogens (primary N) is 1. The minimum absolute atomic E-state index is 0.0566. The lowest BCUT2D eigenvalue weighted by Gasteiger charge is -2.34. The van der Waals surface area contributed by atoms with E-state index in [1.54, 1.807) is 19.4 Å². The maximum Gasteiger partial charge on any atom is 0.253 e. The summed E-state index contributed by atoms with van der Waals surface area (Å²) in [6.45, 7) is 4.65. The summed E-state index contributed by atoms with van der Waals surface area (Å²) in [5, 5.41) is 0. The Morgan fingerprint density at radius 1 is 1.32 bits per heavy atom. The van der Waals surface area contributed by atoms with Gasteiger partial charge in [0, 0.05) is 56.8 Å². The molecule has 1 amide bonds. The summed E-state index contributed by atoms with van der Waals surface area (Å²) in [6, 6.07) is 11.2. The summed E-state index contributed by atoms with van der Waals surface area (Å²) in [5.41, 5.74) is 8.96. The Morgan fingerprint density at radius 2 is 2.11 bits per heavy atom. The fraction of sp³-hybridized carbons (Fsp3) is 0.455. The first-order chi connectivity index (χ1) is 13.6. The number of hydrogen-bond acceptors (Lipinski definition) is 5. The number of rotatable bonds is 7. The maximum atomic E-state index is 12.8. The molecule has 1 aliphatic rings. The van der Waals surface area contributed by atoms with Crippen LogP contribution in [-0.4, -0.2) is 67.6 Å². The monoisotopic (exact) mass is 382 g/mol. The predicted octanol–water partition coefficient (Wildman–Crippen LogP) is 2.76. The fourth-order valence-corrected chi connectivity index (χ4v) is 3.80. The largest absolute Gasteiger partial charge is 0.399 e. The number of pyridine rings is 1. The minimum atomic E-state index is 0.0566. The van der Waals surface area contributed by atoms with Gasteiger partial charge in [-0.25, -0.2) is 0 Å². The van der Waals surface area contributed by atoms with E-state index < -0.39 is 0 Å². The van der Waals surface area contributed by atoms with E-state index in [0.717, 1.165) is 44.0 Å². The van der Waals surface area contributed by atoms with Gasteiger partial charge in [0.1, 0.15) is 0 Å². The first-order valence-electron chi connectivity index (χ1n) is 9.85. The number of piperidine rings is 1. The van der Waals surface area contributed by atoms with E-state index in [1.807, 2.05) is 42.3 Å². The third-order valence-electron chi connectivity index (χ3n) is 5.31. The Balaban J connectivity index is 1.58. The molecule has 0 radical (unpaired) electrons. The minimum Gasteiger partial charge on any atom is -0.399 e. The Morgan fingerprint density at radius 3 is 2.82 bits per heavy atom. The fourth-order valence-electron chi connectivity index (χ4n) is 3.80. The lowest BCUT2D eigenvalue weighted by Crippen LogP contribution is -2.42. The number of benzene rings is 1. The van der Waals surface area contributed by atoms with Crippen molar-refractivity contribution in [3.05, 3.63) is 48.2 Å². The van der Waals surface area contributed by atoms with E-state index in [4.69, 9.17) is 10.5 Å². The molecule has 1 aliphatic heterocycles. The number of hydrogen-bond donors (Lipinski definition) is 1. The molecule has 0 saturated carbocycles. The summed E-state index contributed by atoms with van der Waals surface area (Å²) in [6.07, 6.45) is 4.04. The first kappa shape index (κ1) is 20.3. The van der Waals surface area contributed by atoms with Gasteiger partial charge in [0.15, 0.2) is 0 Å². The van der Waals surface area contributed by atoms with Crippen molar-refractivity contribution in [3.8, 4) is 11.3 Å². The lowest BCUT2D eigenvalue weighted by molar-refractivity contribution is 0.0703. The molecule has 1 fully saturated rings. The lowest BCUT2D eigenvalue weighted by atomic mass is 9.97. The highest BCUT2D eigenvalue weighted by molar-refractivity contribution is 5.94. The van der Waals surface area contributed by atoms with Gasteiger partial charge in [-0.05, 0) is 49.6 Å². The summed E-state index contributed by atoms with van der Waals surface area (Å²) in [4.78, 5) is 21.4. The Hall–Kier alpha value is -2.44. The number of carbonyl (C=O) groups is 1. The normalized spacial score (nSPS) is 17.4. The summed E-state index contributed by atoms with van der Waals surface area (Å²) >= 11 is 0. The average molecular weight is 383 g/mol. The maximum absolute atomic E-state index is 12.8. The quantitative estimate of drug-likeness (QED) is 0.797. The molecule has 6 nitrogen and oxygen atoms in total. The van der Waals surface area contributed by atoms with E-state index in [2.05, 4.69) is 9.88 Å². The highest BCUT2D eigenvalue weighted by Gasteiger charge is 2.23. The summed E-state index contributed by atoms with van der Waals surface area (Å²) in [5.74, 6) is 0.566. The molecule has 1 atom stereocenters. The van der Waals surface area contributed by atoms with Crippen LogP contribution in [0.3, 0.4) is 0 Å². The van der Waals surface area contributed by atoms with E-state index in [9.17, 15) is 4.79 Å². The zero-order valence-electron chi connectivity index (χ0n) is 16.8. The number of likely N-dealkylation sites (tertiary alicyclic amines) is 1. The Kier molecular flexibility index (Phi) is 7.01. The molecule has 1 aromatic carbocycles. The van der Waals surface area contributed by atoms with Crippen molar-refractivity contribution in [3.63, 3.8) is 0 Å². The smallest absolute Gasteiger partial charge is 0.253 e. The Bertz CT molecular complexity index is 778. The molecule has 3 rings (SSSR count). The standard InChI is InChI=1S/C22H30N4O2/c1-25(15-17-4-3-11-26(16-17)12-13-28-2)22(27)19-7-5-18(6-8-19)21-14-20(23)9-10-24-21/h5-10,14,17H,3-4,11-13,15-16H2,1-2H3,(H2,23,24)/t17-/m0/s1. The molecular formula is C22H30N4O2. The molecule has 1 saturated heterocycles. The molecule has 0 bridgehead atoms. The molecule has 2 heterocycles. The first-order valence-corrected chi connectivity index (χ1v) is 9.85. The van der Waals surface area contributed by atoms with Gasteiger partial charge >= 0.3 is 0 Å². The number of anilines is 1. The molecule has 2 aromatic rings. The number of carbonyl (C=O) groups excluding carboxylic acids is 1. The van der Waals surface area contributed by atoms with Gasteiger partial charge < -0.3 is 20.3 Å². The third kappa shape index (κ3) is 5.30. The molecule has 28 heavy (non-hydrogen) atoms. The van der Waals surface area contributed by atoms with Crippen LogP contribution in [0.1, 0.15) is 23.2 Å². The van der Waals surface area contributed by atoms with Crippen molar-refractivity contribution in [1.29, 1.82) is 0 Å². The van der Waals surface area contributed by atoms with Gasteiger partial charge in [-0.2, -0.15) is 0 Å². The third-order valence-corrected chi connectivity index (χ3v) is 5.31. The van der Waals surface area contributed by atoms with E-state index in [1.165, 1.54) is 12.8 Å². The topological polar surface area (TPSA) is 71.7 Å². The second-order valence-corrected chi connectivity index (χ2v) is 7.54. The highest BCUT2D eigenvalue weighted by Crippen LogP contribution is 2.21. The van der Waals surface area contributed by atoms with Crippen LogP contribution < -0.4 is 5.73 Å². The zero-order valence-corrected chi connectivity index (χ0v) is 16.8. The van der Waals surface area contributed by atoms with Gasteiger partial charge in [-0.15, -0.1) is 0 Å². The number of methoxy groups -OCH3 is 1. The predicted molar refractivity (Wildman–Crippen MR) is 112 cm³/mol. The molecule has 1 aromatic heterocycles. The van der Waals surface area contributed by atoms with Crippen LogP contribution in [0.2, 0.25) is 0 Å². The molecule has 0 aliphatic carbocycles. The number of aromatic nitrogens is 1. The summed E-state index contributed by atoms with van der Waals surface area (Å²) in [7, 11) is 3.63. The molecule has 2 N–H and O–H groups in total. The molecule has 0 spiro atoms. The van der Waals surface area contributed by atoms with Crippen LogP contribution >= 0.6 is 0 Å². The van der Waals surface area contributed by atoms with Crippen LogP contribution in [0.4, 0.5) is 5.69 Å². The number of ether oxygens (including phenoxy) is 1. The molecule has 0 unspecified atom stereocenters. The van der Waals surface area contributed by atoms with Gasteiger partial charge in [-0.3, -0.25) is 9.78 Å². The van der Waals surface area contributed by atoms with E-state index in [0.29, 0.717) is 17.2 Å². The van der Waals surface area contributed by atoms with E-state index in [-0.39, 0.29) is 5.91 Å². The summed E-state index contributed by atoms with van der Waals surface area (Å²) < 4.78 is 5.19. The second kappa shape index (κ2) is 9.66. The van der Waals surface area contributed by atoms with Crippen LogP contribution in [0.15, 0.2) is 42.6 Å². The highest BCUT2D eigenvalue weighted by atomic mass is 16.5. The van der Waals surface area contributed by atoms with Gasteiger partial charge in [0.05, 0.1) is 12.3 Å². The zero-order chi connectivity index (χ0) is 19.9. The Labute approximate surface area is 167 Å². The van der Waals surface area contributed by atoms with Gasteiger partial charge in [0.25, 0.3) is 5.91 Å². The molecule has 6 heteroatoms. The SMILES string of the molecule is COCCN1CCC[C@@H](CN(C)C(=O)c2ccc(-c3cc(N)ccn3)cc2)C1. The average Bonchev–Trinajstić information content (AvgIpc) is 2.72. The van der Waals surface area contributed by atoms with Crippen LogP contribution in [0.5, 0.6) is 0 Å². The van der Waals surface area contributed by atoms with Crippen molar-refractivity contribution < 1.29 is 9.53 Å². The molecular weight excluding hydrogens is 352 g/mol. The van der Waals surface area contributed by atoms with E-state index >= 15 is 0 Å². The number of amides is 1. The van der Waals surface area contributed by atoms with Gasteiger partial charge in [-0.1, -0.05) is 12.1 Å². The van der Waals surface area contributed by atoms with Crippen molar-refractivity contribution >= 4 is 11.6 Å². The van der Waals surface area contributed by atoms with Gasteiger partial charge in [0.2, 0.25) is 0 Å². The van der Waals surface area contributed by atoms with Crippen molar-refractivity contribution in [2.24, 2.45) is 5.92 Å². The van der Waals surface area contributed by atoms with Crippen molar-refractivity contribution in [2.45, 2.75) is 12.8 Å². The van der Waals surface area contributed by atoms with Crippen molar-refractivity contribution in [1.82, 2.24) is 14.8 Å². The van der Waals surface area contributed by atoms with Crippen LogP contribution in [0.25, 0.3) is 11.3 Å². The number of nitrogens with zero attached hydrogens (tertiary/aromatic N) is 3. The molecule has 150 valence electrons. The van der Waals surface area contributed by atoms with Crippen LogP contribution in [-0.2, 0) is 4.74 Å². The van der Waals surface area contributed by atoms with Crippen LogP contribution in [0, 0.1) is 5.92 Å².